The third-order valence-corrected chi connectivity index (χ3v) is 2.43. The molecule has 1 aromatic heterocycles. The molecule has 0 saturated carbocycles. The maximum Gasteiger partial charge on any atom is 0.233 e. The molecule has 1 atom stereocenters. The number of amides is 1. The van der Waals surface area contributed by atoms with Crippen molar-refractivity contribution in [2.45, 2.75) is 19.4 Å². The van der Waals surface area contributed by atoms with E-state index < -0.39 is 0 Å². The predicted octanol–water partition coefficient (Wildman–Crippen LogP) is 0.476. The van der Waals surface area contributed by atoms with Crippen molar-refractivity contribution >= 4 is 5.91 Å². The van der Waals surface area contributed by atoms with Gasteiger partial charge in [0.05, 0.1) is 6.54 Å². The third-order valence-electron chi connectivity index (χ3n) is 2.43. The molecule has 0 spiro atoms. The summed E-state index contributed by atoms with van der Waals surface area (Å²) in [6.07, 6.45) is 2.50. The first-order chi connectivity index (χ1) is 7.25. The Hall–Kier alpha value is -1.65. The lowest BCUT2D eigenvalue weighted by Crippen LogP contribution is -2.28. The zero-order chi connectivity index (χ0) is 10.7. The average molecular weight is 207 g/mol. The summed E-state index contributed by atoms with van der Waals surface area (Å²) in [6.45, 7) is 2.98. The molecule has 2 heterocycles. The second kappa shape index (κ2) is 4.25. The maximum absolute atomic E-state index is 11.1. The van der Waals surface area contributed by atoms with E-state index in [2.05, 4.69) is 10.2 Å². The van der Waals surface area contributed by atoms with Gasteiger partial charge in [-0.1, -0.05) is 0 Å². The number of carbonyl (C=O) groups is 1. The van der Waals surface area contributed by atoms with Crippen LogP contribution in [0.3, 0.4) is 0 Å². The smallest absolute Gasteiger partial charge is 0.233 e. The molecular weight excluding hydrogens is 194 g/mol. The van der Waals surface area contributed by atoms with Crippen LogP contribution in [0.15, 0.2) is 18.3 Å². The van der Waals surface area contributed by atoms with Crippen LogP contribution >= 0.6 is 0 Å². The Balaban J connectivity index is 1.90. The fourth-order valence-corrected chi connectivity index (χ4v) is 1.63. The number of carbonyl (C=O) groups excluding carboxylic acids is 1. The number of ether oxygens (including phenoxy) is 1. The molecule has 1 fully saturated rings. The van der Waals surface area contributed by atoms with E-state index in [1.165, 1.54) is 0 Å². The van der Waals surface area contributed by atoms with Crippen LogP contribution in [0, 0.1) is 0 Å². The second-order valence-corrected chi connectivity index (χ2v) is 3.56. The molecule has 1 aromatic rings. The molecule has 1 aliphatic heterocycles. The molecule has 0 radical (unpaired) electrons. The average Bonchev–Trinajstić information content (AvgIpc) is 2.68. The fourth-order valence-electron chi connectivity index (χ4n) is 1.63. The Bertz CT molecular complexity index is 342. The van der Waals surface area contributed by atoms with Crippen LogP contribution in [-0.2, 0) is 4.79 Å². The highest BCUT2D eigenvalue weighted by atomic mass is 16.5. The van der Waals surface area contributed by atoms with Crippen LogP contribution in [0.4, 0.5) is 0 Å². The number of aromatic nitrogens is 2. The Morgan fingerprint density at radius 1 is 1.67 bits per heavy atom. The number of hydrogen-bond acceptors (Lipinski definition) is 4. The van der Waals surface area contributed by atoms with E-state index in [1.807, 2.05) is 0 Å². The van der Waals surface area contributed by atoms with Crippen molar-refractivity contribution in [3.05, 3.63) is 18.3 Å². The number of hydrogen-bond donors (Lipinski definition) is 0. The quantitative estimate of drug-likeness (QED) is 0.707. The monoisotopic (exact) mass is 207 g/mol. The SMILES string of the molecule is CC(=O)N1CCC(Oc2cccnn2)C1. The minimum Gasteiger partial charge on any atom is -0.471 e. The summed E-state index contributed by atoms with van der Waals surface area (Å²) < 4.78 is 5.59. The zero-order valence-electron chi connectivity index (χ0n) is 8.59. The van der Waals surface area contributed by atoms with Crippen molar-refractivity contribution in [3.8, 4) is 5.88 Å². The number of likely N-dealkylation sites (tertiary alicyclic amines) is 1. The van der Waals surface area contributed by atoms with Crippen molar-refractivity contribution in [2.24, 2.45) is 0 Å². The summed E-state index contributed by atoms with van der Waals surface area (Å²) in [6, 6.07) is 3.55. The van der Waals surface area contributed by atoms with Gasteiger partial charge in [0.2, 0.25) is 11.8 Å². The molecule has 1 saturated heterocycles. The first kappa shape index (κ1) is 9.89. The summed E-state index contributed by atoms with van der Waals surface area (Å²) in [7, 11) is 0. The molecule has 15 heavy (non-hydrogen) atoms. The lowest BCUT2D eigenvalue weighted by molar-refractivity contribution is -0.128. The van der Waals surface area contributed by atoms with Crippen molar-refractivity contribution in [3.63, 3.8) is 0 Å². The molecule has 5 heteroatoms. The van der Waals surface area contributed by atoms with Crippen LogP contribution in [0.5, 0.6) is 5.88 Å². The van der Waals surface area contributed by atoms with E-state index in [0.717, 1.165) is 13.0 Å². The van der Waals surface area contributed by atoms with E-state index in [1.54, 1.807) is 30.2 Å². The lowest BCUT2D eigenvalue weighted by atomic mass is 10.3. The van der Waals surface area contributed by atoms with Crippen LogP contribution < -0.4 is 4.74 Å². The second-order valence-electron chi connectivity index (χ2n) is 3.56. The highest BCUT2D eigenvalue weighted by molar-refractivity contribution is 5.73. The lowest BCUT2D eigenvalue weighted by Gasteiger charge is -2.14. The van der Waals surface area contributed by atoms with Gasteiger partial charge in [-0.2, -0.15) is 5.10 Å². The third kappa shape index (κ3) is 2.43. The highest BCUT2D eigenvalue weighted by Crippen LogP contribution is 2.15. The van der Waals surface area contributed by atoms with Gasteiger partial charge in [0, 0.05) is 32.2 Å². The molecule has 1 amide bonds. The molecule has 0 aromatic carbocycles. The number of nitrogens with zero attached hydrogens (tertiary/aromatic N) is 3. The molecule has 80 valence electrons. The van der Waals surface area contributed by atoms with Crippen LogP contribution in [0.1, 0.15) is 13.3 Å². The molecule has 0 aliphatic carbocycles. The van der Waals surface area contributed by atoms with Crippen molar-refractivity contribution in [1.29, 1.82) is 0 Å². The van der Waals surface area contributed by atoms with Crippen LogP contribution in [0.25, 0.3) is 0 Å². The van der Waals surface area contributed by atoms with Gasteiger partial charge in [0.25, 0.3) is 0 Å². The highest BCUT2D eigenvalue weighted by Gasteiger charge is 2.25. The summed E-state index contributed by atoms with van der Waals surface area (Å²) >= 11 is 0. The van der Waals surface area contributed by atoms with E-state index in [9.17, 15) is 4.79 Å². The molecule has 1 unspecified atom stereocenters. The Kier molecular flexibility index (Phi) is 2.80. The summed E-state index contributed by atoms with van der Waals surface area (Å²) in [5.74, 6) is 0.619. The predicted molar refractivity (Wildman–Crippen MR) is 53.3 cm³/mol. The topological polar surface area (TPSA) is 55.3 Å². The summed E-state index contributed by atoms with van der Waals surface area (Å²) in [5, 5.41) is 7.56. The van der Waals surface area contributed by atoms with E-state index >= 15 is 0 Å². The van der Waals surface area contributed by atoms with Gasteiger partial charge in [-0.05, 0) is 6.07 Å². The normalized spacial score (nSPS) is 20.3. The first-order valence-electron chi connectivity index (χ1n) is 4.95. The molecule has 2 rings (SSSR count). The van der Waals surface area contributed by atoms with Gasteiger partial charge in [-0.15, -0.1) is 5.10 Å². The van der Waals surface area contributed by atoms with Crippen LogP contribution in [-0.4, -0.2) is 40.2 Å². The van der Waals surface area contributed by atoms with Gasteiger partial charge in [-0.25, -0.2) is 0 Å². The van der Waals surface area contributed by atoms with E-state index in [-0.39, 0.29) is 12.0 Å². The maximum atomic E-state index is 11.1. The van der Waals surface area contributed by atoms with E-state index in [4.69, 9.17) is 4.74 Å². The van der Waals surface area contributed by atoms with Crippen molar-refractivity contribution in [1.82, 2.24) is 15.1 Å². The Morgan fingerprint density at radius 3 is 3.13 bits per heavy atom. The molecule has 1 aliphatic rings. The van der Waals surface area contributed by atoms with Gasteiger partial charge < -0.3 is 9.64 Å². The largest absolute Gasteiger partial charge is 0.471 e. The Morgan fingerprint density at radius 2 is 2.53 bits per heavy atom. The van der Waals surface area contributed by atoms with Gasteiger partial charge in [0.15, 0.2) is 0 Å². The fraction of sp³-hybridized carbons (Fsp3) is 0.500. The van der Waals surface area contributed by atoms with Gasteiger partial charge in [0.1, 0.15) is 6.10 Å². The van der Waals surface area contributed by atoms with Gasteiger partial charge in [-0.3, -0.25) is 4.79 Å². The van der Waals surface area contributed by atoms with Crippen molar-refractivity contribution in [2.75, 3.05) is 13.1 Å². The summed E-state index contributed by atoms with van der Waals surface area (Å²) in [5.41, 5.74) is 0. The molecule has 5 nitrogen and oxygen atoms in total. The standard InChI is InChI=1S/C10H13N3O2/c1-8(14)13-6-4-9(7-13)15-10-3-2-5-11-12-10/h2-3,5,9H,4,6-7H2,1H3. The number of rotatable bonds is 2. The Labute approximate surface area is 88.1 Å². The molecule has 0 N–H and O–H groups in total. The van der Waals surface area contributed by atoms with E-state index in [0.29, 0.717) is 12.4 Å². The first-order valence-corrected chi connectivity index (χ1v) is 4.95. The summed E-state index contributed by atoms with van der Waals surface area (Å²) in [4.78, 5) is 12.9. The van der Waals surface area contributed by atoms with Crippen LogP contribution in [0.2, 0.25) is 0 Å². The zero-order valence-corrected chi connectivity index (χ0v) is 8.59. The van der Waals surface area contributed by atoms with Gasteiger partial charge >= 0.3 is 0 Å². The van der Waals surface area contributed by atoms with Crippen molar-refractivity contribution < 1.29 is 9.53 Å². The molecular formula is C10H13N3O2. The minimum atomic E-state index is 0.0469. The molecule has 0 bridgehead atoms. The minimum absolute atomic E-state index is 0.0469.